The molecule has 25 heavy (non-hydrogen) atoms. The molecule has 7 nitrogen and oxygen atoms in total. The molecule has 0 bridgehead atoms. The van der Waals surface area contributed by atoms with E-state index in [-0.39, 0.29) is 11.8 Å². The van der Waals surface area contributed by atoms with E-state index in [0.717, 1.165) is 11.3 Å². The average Bonchev–Trinajstić information content (AvgIpc) is 2.64. The van der Waals surface area contributed by atoms with E-state index in [4.69, 9.17) is 0 Å². The molecule has 3 rings (SSSR count). The van der Waals surface area contributed by atoms with E-state index < -0.39 is 0 Å². The van der Waals surface area contributed by atoms with Crippen molar-refractivity contribution in [3.05, 3.63) is 47.8 Å². The lowest BCUT2D eigenvalue weighted by atomic mass is 10.2. The smallest absolute Gasteiger partial charge is 0.258 e. The van der Waals surface area contributed by atoms with E-state index in [0.29, 0.717) is 37.7 Å². The Balaban J connectivity index is 1.61. The van der Waals surface area contributed by atoms with Gasteiger partial charge in [0.1, 0.15) is 0 Å². The third-order valence-electron chi connectivity index (χ3n) is 4.22. The molecule has 0 radical (unpaired) electrons. The predicted molar refractivity (Wildman–Crippen MR) is 95.6 cm³/mol. The SMILES string of the molecule is CC(=O)N1CCN(c2ncc(C(=O)Nc3ccc(C)cc3)cn2)CC1. The van der Waals surface area contributed by atoms with Gasteiger partial charge in [0, 0.05) is 51.2 Å². The second-order valence-corrected chi connectivity index (χ2v) is 6.09. The maximum Gasteiger partial charge on any atom is 0.258 e. The van der Waals surface area contributed by atoms with Gasteiger partial charge in [0.05, 0.1) is 5.56 Å². The summed E-state index contributed by atoms with van der Waals surface area (Å²) in [5.41, 5.74) is 2.28. The van der Waals surface area contributed by atoms with Crippen LogP contribution in [0.3, 0.4) is 0 Å². The molecule has 2 aromatic rings. The van der Waals surface area contributed by atoms with Crippen molar-refractivity contribution in [1.82, 2.24) is 14.9 Å². The largest absolute Gasteiger partial charge is 0.339 e. The highest BCUT2D eigenvalue weighted by molar-refractivity contribution is 6.03. The topological polar surface area (TPSA) is 78.4 Å². The first-order valence-electron chi connectivity index (χ1n) is 8.23. The summed E-state index contributed by atoms with van der Waals surface area (Å²) in [6.45, 7) is 6.27. The molecule has 1 saturated heterocycles. The van der Waals surface area contributed by atoms with Crippen LogP contribution in [-0.2, 0) is 4.79 Å². The van der Waals surface area contributed by atoms with Gasteiger partial charge in [-0.05, 0) is 19.1 Å². The molecule has 1 aliphatic heterocycles. The number of aryl methyl sites for hydroxylation is 1. The van der Waals surface area contributed by atoms with Crippen LogP contribution >= 0.6 is 0 Å². The van der Waals surface area contributed by atoms with Crippen molar-refractivity contribution < 1.29 is 9.59 Å². The molecule has 0 unspecified atom stereocenters. The molecule has 1 aliphatic rings. The molecular weight excluding hydrogens is 318 g/mol. The molecule has 0 saturated carbocycles. The number of carbonyl (C=O) groups excluding carboxylic acids is 2. The second kappa shape index (κ2) is 7.29. The quantitative estimate of drug-likeness (QED) is 0.921. The third-order valence-corrected chi connectivity index (χ3v) is 4.22. The molecule has 1 aromatic carbocycles. The van der Waals surface area contributed by atoms with E-state index in [9.17, 15) is 9.59 Å². The van der Waals surface area contributed by atoms with Crippen LogP contribution in [0.4, 0.5) is 11.6 Å². The average molecular weight is 339 g/mol. The Morgan fingerprint density at radius 1 is 1.00 bits per heavy atom. The first-order chi connectivity index (χ1) is 12.0. The van der Waals surface area contributed by atoms with Gasteiger partial charge in [-0.2, -0.15) is 0 Å². The molecule has 0 spiro atoms. The van der Waals surface area contributed by atoms with E-state index in [2.05, 4.69) is 15.3 Å². The number of carbonyl (C=O) groups is 2. The summed E-state index contributed by atoms with van der Waals surface area (Å²) < 4.78 is 0. The lowest BCUT2D eigenvalue weighted by molar-refractivity contribution is -0.129. The minimum atomic E-state index is -0.239. The Hall–Kier alpha value is -2.96. The third kappa shape index (κ3) is 4.12. The Morgan fingerprint density at radius 2 is 1.60 bits per heavy atom. The Morgan fingerprint density at radius 3 is 2.16 bits per heavy atom. The number of benzene rings is 1. The van der Waals surface area contributed by atoms with Gasteiger partial charge >= 0.3 is 0 Å². The molecule has 1 fully saturated rings. The lowest BCUT2D eigenvalue weighted by Gasteiger charge is -2.34. The van der Waals surface area contributed by atoms with E-state index in [1.807, 2.05) is 36.1 Å². The number of rotatable bonds is 3. The van der Waals surface area contributed by atoms with Gasteiger partial charge in [0.15, 0.2) is 0 Å². The highest BCUT2D eigenvalue weighted by Gasteiger charge is 2.20. The molecule has 1 aromatic heterocycles. The van der Waals surface area contributed by atoms with Crippen LogP contribution in [0.2, 0.25) is 0 Å². The molecule has 0 atom stereocenters. The molecule has 1 N–H and O–H groups in total. The van der Waals surface area contributed by atoms with Crippen LogP contribution < -0.4 is 10.2 Å². The zero-order valence-electron chi connectivity index (χ0n) is 14.4. The van der Waals surface area contributed by atoms with Gasteiger partial charge < -0.3 is 15.1 Å². The summed E-state index contributed by atoms with van der Waals surface area (Å²) in [4.78, 5) is 36.0. The summed E-state index contributed by atoms with van der Waals surface area (Å²) in [7, 11) is 0. The number of anilines is 2. The molecule has 130 valence electrons. The number of nitrogens with zero attached hydrogens (tertiary/aromatic N) is 4. The minimum Gasteiger partial charge on any atom is -0.339 e. The number of amides is 2. The van der Waals surface area contributed by atoms with Crippen LogP contribution in [0.25, 0.3) is 0 Å². The predicted octanol–water partition coefficient (Wildman–Crippen LogP) is 1.71. The van der Waals surface area contributed by atoms with Gasteiger partial charge in [-0.25, -0.2) is 9.97 Å². The fourth-order valence-electron chi connectivity index (χ4n) is 2.66. The van der Waals surface area contributed by atoms with E-state index >= 15 is 0 Å². The van der Waals surface area contributed by atoms with Crippen molar-refractivity contribution >= 4 is 23.5 Å². The van der Waals surface area contributed by atoms with Crippen molar-refractivity contribution in [2.45, 2.75) is 13.8 Å². The molecule has 7 heteroatoms. The van der Waals surface area contributed by atoms with E-state index in [1.54, 1.807) is 11.8 Å². The molecule has 2 amide bonds. The van der Waals surface area contributed by atoms with Crippen LogP contribution in [0.5, 0.6) is 0 Å². The highest BCUT2D eigenvalue weighted by atomic mass is 16.2. The van der Waals surface area contributed by atoms with Gasteiger partial charge in [0.25, 0.3) is 5.91 Å². The fourth-order valence-corrected chi connectivity index (χ4v) is 2.66. The van der Waals surface area contributed by atoms with Crippen LogP contribution in [0.1, 0.15) is 22.8 Å². The number of aromatic nitrogens is 2. The Kier molecular flexibility index (Phi) is 4.92. The summed E-state index contributed by atoms with van der Waals surface area (Å²) in [5.74, 6) is 0.426. The summed E-state index contributed by atoms with van der Waals surface area (Å²) in [6.07, 6.45) is 3.06. The summed E-state index contributed by atoms with van der Waals surface area (Å²) in [5, 5.41) is 2.83. The van der Waals surface area contributed by atoms with Crippen LogP contribution in [0, 0.1) is 6.92 Å². The summed E-state index contributed by atoms with van der Waals surface area (Å²) in [6, 6.07) is 7.60. The van der Waals surface area contributed by atoms with Crippen molar-refractivity contribution in [3.63, 3.8) is 0 Å². The normalized spacial score (nSPS) is 14.3. The zero-order valence-corrected chi connectivity index (χ0v) is 14.4. The van der Waals surface area contributed by atoms with Crippen LogP contribution in [0.15, 0.2) is 36.7 Å². The standard InChI is InChI=1S/C18H21N5O2/c1-13-3-5-16(6-4-13)21-17(25)15-11-19-18(20-12-15)23-9-7-22(8-10-23)14(2)24/h3-6,11-12H,7-10H2,1-2H3,(H,21,25). The monoisotopic (exact) mass is 339 g/mol. The fraction of sp³-hybridized carbons (Fsp3) is 0.333. The van der Waals surface area contributed by atoms with Crippen molar-refractivity contribution in [1.29, 1.82) is 0 Å². The van der Waals surface area contributed by atoms with Gasteiger partial charge in [-0.15, -0.1) is 0 Å². The zero-order chi connectivity index (χ0) is 17.8. The van der Waals surface area contributed by atoms with Crippen LogP contribution in [-0.4, -0.2) is 52.9 Å². The first-order valence-corrected chi connectivity index (χ1v) is 8.23. The Bertz CT molecular complexity index is 750. The first kappa shape index (κ1) is 16.9. The number of piperazine rings is 1. The molecule has 2 heterocycles. The Labute approximate surface area is 146 Å². The van der Waals surface area contributed by atoms with Crippen molar-refractivity contribution in [2.75, 3.05) is 36.4 Å². The van der Waals surface area contributed by atoms with Crippen molar-refractivity contribution in [2.24, 2.45) is 0 Å². The van der Waals surface area contributed by atoms with Crippen molar-refractivity contribution in [3.8, 4) is 0 Å². The number of hydrogen-bond donors (Lipinski definition) is 1. The summed E-state index contributed by atoms with van der Waals surface area (Å²) >= 11 is 0. The maximum absolute atomic E-state index is 12.3. The molecular formula is C18H21N5O2. The second-order valence-electron chi connectivity index (χ2n) is 6.09. The van der Waals surface area contributed by atoms with Gasteiger partial charge in [-0.1, -0.05) is 17.7 Å². The van der Waals surface area contributed by atoms with Gasteiger partial charge in [-0.3, -0.25) is 9.59 Å². The number of nitrogens with one attached hydrogen (secondary N) is 1. The highest BCUT2D eigenvalue weighted by Crippen LogP contribution is 2.13. The van der Waals surface area contributed by atoms with Gasteiger partial charge in [0.2, 0.25) is 11.9 Å². The van der Waals surface area contributed by atoms with E-state index in [1.165, 1.54) is 12.4 Å². The lowest BCUT2D eigenvalue weighted by Crippen LogP contribution is -2.48. The minimum absolute atomic E-state index is 0.0868. The number of hydrogen-bond acceptors (Lipinski definition) is 5. The maximum atomic E-state index is 12.3. The molecule has 0 aliphatic carbocycles.